The van der Waals surface area contributed by atoms with Gasteiger partial charge >= 0.3 is 0 Å². The monoisotopic (exact) mass is 249 g/mol. The van der Waals surface area contributed by atoms with Crippen LogP contribution in [0, 0.1) is 5.82 Å². The lowest BCUT2D eigenvalue weighted by molar-refractivity contribution is 0.624. The fourth-order valence-corrected chi connectivity index (χ4v) is 2.19. The molecule has 88 valence electrons. The molecule has 3 N–H and O–H groups in total. The van der Waals surface area contributed by atoms with E-state index in [1.165, 1.54) is 12.1 Å². The Bertz CT molecular complexity index is 487. The van der Waals surface area contributed by atoms with Crippen LogP contribution in [0.5, 0.6) is 0 Å². The second-order valence-electron chi connectivity index (χ2n) is 3.44. The van der Waals surface area contributed by atoms with E-state index in [0.717, 1.165) is 16.2 Å². The highest BCUT2D eigenvalue weighted by atomic mass is 32.2. The first-order chi connectivity index (χ1) is 8.28. The number of hydrogen-bond acceptors (Lipinski definition) is 4. The number of nitrogen functional groups attached to an aromatic ring is 1. The highest BCUT2D eigenvalue weighted by Crippen LogP contribution is 2.23. The number of nitrogens with two attached hydrogens (primary N) is 1. The van der Waals surface area contributed by atoms with Gasteiger partial charge in [0.1, 0.15) is 11.6 Å². The van der Waals surface area contributed by atoms with E-state index in [-0.39, 0.29) is 5.82 Å². The number of rotatable bonds is 4. The zero-order valence-corrected chi connectivity index (χ0v) is 9.88. The van der Waals surface area contributed by atoms with Crippen LogP contribution in [0.2, 0.25) is 0 Å². The summed E-state index contributed by atoms with van der Waals surface area (Å²) in [6.45, 7) is 0. The number of nitrogens with one attached hydrogen (secondary N) is 1. The Morgan fingerprint density at radius 1 is 1.29 bits per heavy atom. The normalized spacial score (nSPS) is 10.2. The summed E-state index contributed by atoms with van der Waals surface area (Å²) >= 11 is 1.57. The smallest absolute Gasteiger partial charge is 0.139 e. The minimum absolute atomic E-state index is 0.212. The molecule has 2 aromatic rings. The van der Waals surface area contributed by atoms with Gasteiger partial charge < -0.3 is 5.43 Å². The van der Waals surface area contributed by atoms with Gasteiger partial charge in [-0.15, -0.1) is 11.8 Å². The van der Waals surface area contributed by atoms with Crippen LogP contribution in [0.25, 0.3) is 0 Å². The molecule has 1 aromatic carbocycles. The molecule has 0 amide bonds. The molecule has 0 aliphatic rings. The fraction of sp³-hybridized carbons (Fsp3) is 0.0833. The number of halogens is 1. The third-order valence-corrected chi connectivity index (χ3v) is 3.24. The minimum atomic E-state index is -0.212. The van der Waals surface area contributed by atoms with Crippen molar-refractivity contribution in [1.82, 2.24) is 4.98 Å². The summed E-state index contributed by atoms with van der Waals surface area (Å²) in [5, 5.41) is 0. The first-order valence-electron chi connectivity index (χ1n) is 5.08. The van der Waals surface area contributed by atoms with Gasteiger partial charge in [-0.2, -0.15) is 0 Å². The average molecular weight is 249 g/mol. The Balaban J connectivity index is 1.97. The molecule has 0 aliphatic heterocycles. The van der Waals surface area contributed by atoms with E-state index in [1.54, 1.807) is 24.0 Å². The van der Waals surface area contributed by atoms with E-state index in [1.807, 2.05) is 18.2 Å². The summed E-state index contributed by atoms with van der Waals surface area (Å²) in [4.78, 5) is 5.01. The molecule has 0 atom stereocenters. The van der Waals surface area contributed by atoms with Gasteiger partial charge in [0.05, 0.1) is 0 Å². The lowest BCUT2D eigenvalue weighted by Crippen LogP contribution is -2.08. The summed E-state index contributed by atoms with van der Waals surface area (Å²) in [5.41, 5.74) is 3.54. The quantitative estimate of drug-likeness (QED) is 0.497. The van der Waals surface area contributed by atoms with Crippen LogP contribution >= 0.6 is 11.8 Å². The maximum Gasteiger partial charge on any atom is 0.139 e. The topological polar surface area (TPSA) is 50.9 Å². The molecule has 0 saturated heterocycles. The van der Waals surface area contributed by atoms with Crippen LogP contribution in [-0.2, 0) is 5.75 Å². The summed E-state index contributed by atoms with van der Waals surface area (Å²) in [7, 11) is 0. The number of hydrogen-bond donors (Lipinski definition) is 2. The van der Waals surface area contributed by atoms with Crippen molar-refractivity contribution in [2.24, 2.45) is 5.84 Å². The molecular formula is C12H12FN3S. The number of nitrogens with zero attached hydrogens (tertiary/aromatic N) is 1. The number of anilines is 1. The molecule has 0 fully saturated rings. The van der Waals surface area contributed by atoms with Gasteiger partial charge in [-0.1, -0.05) is 12.1 Å². The lowest BCUT2D eigenvalue weighted by atomic mass is 10.3. The van der Waals surface area contributed by atoms with E-state index >= 15 is 0 Å². The molecule has 0 aliphatic carbocycles. The summed E-state index contributed by atoms with van der Waals surface area (Å²) < 4.78 is 12.9. The fourth-order valence-electron chi connectivity index (χ4n) is 1.32. The lowest BCUT2D eigenvalue weighted by Gasteiger charge is -2.03. The Labute approximate surface area is 103 Å². The van der Waals surface area contributed by atoms with Gasteiger partial charge in [0.15, 0.2) is 0 Å². The van der Waals surface area contributed by atoms with Crippen LogP contribution < -0.4 is 11.3 Å². The predicted molar refractivity (Wildman–Crippen MR) is 68.0 cm³/mol. The Morgan fingerprint density at radius 2 is 2.18 bits per heavy atom. The Morgan fingerprint density at radius 3 is 2.82 bits per heavy atom. The van der Waals surface area contributed by atoms with Gasteiger partial charge in [0.2, 0.25) is 0 Å². The van der Waals surface area contributed by atoms with Crippen molar-refractivity contribution in [1.29, 1.82) is 0 Å². The standard InChI is InChI=1S/C12H12FN3S/c13-10-2-1-3-11(6-10)17-8-9-4-5-12(16-14)15-7-9/h1-7H,8,14H2,(H,15,16). The average Bonchev–Trinajstić information content (AvgIpc) is 2.37. The molecule has 0 spiro atoms. The molecule has 1 aromatic heterocycles. The van der Waals surface area contributed by atoms with Crippen molar-refractivity contribution in [3.63, 3.8) is 0 Å². The molecule has 2 rings (SSSR count). The van der Waals surface area contributed by atoms with Crippen molar-refractivity contribution in [2.75, 3.05) is 5.43 Å². The summed E-state index contributed by atoms with van der Waals surface area (Å²) in [6, 6.07) is 10.3. The number of benzene rings is 1. The molecule has 0 saturated carbocycles. The third kappa shape index (κ3) is 3.44. The van der Waals surface area contributed by atoms with Gasteiger partial charge in [-0.3, -0.25) is 0 Å². The first-order valence-corrected chi connectivity index (χ1v) is 6.06. The molecule has 3 nitrogen and oxygen atoms in total. The van der Waals surface area contributed by atoms with Crippen LogP contribution in [0.4, 0.5) is 10.2 Å². The second-order valence-corrected chi connectivity index (χ2v) is 4.49. The van der Waals surface area contributed by atoms with Crippen molar-refractivity contribution >= 4 is 17.6 Å². The van der Waals surface area contributed by atoms with Crippen LogP contribution in [0.1, 0.15) is 5.56 Å². The first kappa shape index (κ1) is 11.9. The number of pyridine rings is 1. The number of aromatic nitrogens is 1. The molecule has 0 bridgehead atoms. The second kappa shape index (κ2) is 5.65. The van der Waals surface area contributed by atoms with Gasteiger partial charge in [-0.25, -0.2) is 15.2 Å². The van der Waals surface area contributed by atoms with Crippen molar-refractivity contribution in [3.8, 4) is 0 Å². The Kier molecular flexibility index (Phi) is 3.95. The van der Waals surface area contributed by atoms with Crippen LogP contribution in [0.3, 0.4) is 0 Å². The maximum absolute atomic E-state index is 12.9. The molecule has 5 heteroatoms. The summed E-state index contributed by atoms with van der Waals surface area (Å²) in [5.74, 6) is 6.39. The van der Waals surface area contributed by atoms with E-state index in [2.05, 4.69) is 10.4 Å². The third-order valence-electron chi connectivity index (χ3n) is 2.17. The largest absolute Gasteiger partial charge is 0.308 e. The molecule has 17 heavy (non-hydrogen) atoms. The van der Waals surface area contributed by atoms with Crippen molar-refractivity contribution < 1.29 is 4.39 Å². The zero-order chi connectivity index (χ0) is 12.1. The van der Waals surface area contributed by atoms with Gasteiger partial charge in [0, 0.05) is 16.8 Å². The molecule has 0 radical (unpaired) electrons. The van der Waals surface area contributed by atoms with E-state index in [0.29, 0.717) is 5.82 Å². The minimum Gasteiger partial charge on any atom is -0.308 e. The highest BCUT2D eigenvalue weighted by molar-refractivity contribution is 7.98. The van der Waals surface area contributed by atoms with E-state index in [4.69, 9.17) is 5.84 Å². The molecule has 1 heterocycles. The van der Waals surface area contributed by atoms with Gasteiger partial charge in [0.25, 0.3) is 0 Å². The summed E-state index contributed by atoms with van der Waals surface area (Å²) in [6.07, 6.45) is 1.75. The number of thioether (sulfide) groups is 1. The van der Waals surface area contributed by atoms with Gasteiger partial charge in [-0.05, 0) is 29.8 Å². The van der Waals surface area contributed by atoms with Crippen LogP contribution in [0.15, 0.2) is 47.5 Å². The maximum atomic E-state index is 12.9. The molecule has 0 unspecified atom stereocenters. The zero-order valence-electron chi connectivity index (χ0n) is 9.06. The highest BCUT2D eigenvalue weighted by Gasteiger charge is 1.99. The molecular weight excluding hydrogens is 237 g/mol. The van der Waals surface area contributed by atoms with Crippen molar-refractivity contribution in [3.05, 3.63) is 54.0 Å². The van der Waals surface area contributed by atoms with Crippen LogP contribution in [-0.4, -0.2) is 4.98 Å². The Hall–Kier alpha value is -1.59. The predicted octanol–water partition coefficient (Wildman–Crippen LogP) is 2.80. The number of hydrazine groups is 1. The van der Waals surface area contributed by atoms with E-state index in [9.17, 15) is 4.39 Å². The van der Waals surface area contributed by atoms with E-state index < -0.39 is 0 Å². The SMILES string of the molecule is NNc1ccc(CSc2cccc(F)c2)cn1. The van der Waals surface area contributed by atoms with Crippen molar-refractivity contribution in [2.45, 2.75) is 10.6 Å².